The Kier molecular flexibility index (Phi) is 6.04. The number of phenolic OH excluding ortho intramolecular Hbond substituents is 1. The Balaban J connectivity index is 1.60. The van der Waals surface area contributed by atoms with Crippen LogP contribution in [0.1, 0.15) is 43.7 Å². The molecule has 0 amide bonds. The van der Waals surface area contributed by atoms with E-state index in [1.807, 2.05) is 6.07 Å². The first-order valence-corrected chi connectivity index (χ1v) is 9.50. The molecule has 2 aromatic carbocycles. The third kappa shape index (κ3) is 4.70. The molecule has 1 aliphatic heterocycles. The molecule has 1 aliphatic rings. The minimum absolute atomic E-state index is 0.338. The molecule has 0 aliphatic carbocycles. The summed E-state index contributed by atoms with van der Waals surface area (Å²) in [6.45, 7) is 7.21. The maximum atomic E-state index is 10.1. The summed E-state index contributed by atoms with van der Waals surface area (Å²) in [6.07, 6.45) is 2.33. The van der Waals surface area contributed by atoms with E-state index < -0.39 is 0 Å². The number of nitrogens with one attached hydrogen (secondary N) is 1. The lowest BCUT2D eigenvalue weighted by molar-refractivity contribution is 0.206. The normalized spacial score (nSPS) is 18.1. The first-order valence-electron chi connectivity index (χ1n) is 9.50. The lowest BCUT2D eigenvalue weighted by atomic mass is 10.0. The second-order valence-electron chi connectivity index (χ2n) is 7.49. The largest absolute Gasteiger partial charge is 0.508 e. The number of phenols is 1. The molecule has 26 heavy (non-hydrogen) atoms. The molecule has 140 valence electrons. The highest BCUT2D eigenvalue weighted by Gasteiger charge is 2.21. The van der Waals surface area contributed by atoms with E-state index in [0.29, 0.717) is 17.7 Å². The summed E-state index contributed by atoms with van der Waals surface area (Å²) in [5.74, 6) is 1.68. The third-order valence-electron chi connectivity index (χ3n) is 5.13. The van der Waals surface area contributed by atoms with Crippen LogP contribution in [-0.2, 0) is 6.54 Å². The number of nitrogens with zero attached hydrogens (tertiary/aromatic N) is 1. The third-order valence-corrected chi connectivity index (χ3v) is 5.13. The highest BCUT2D eigenvalue weighted by atomic mass is 16.5. The zero-order valence-electron chi connectivity index (χ0n) is 16.0. The first kappa shape index (κ1) is 18.6. The fraction of sp³-hybridized carbons (Fsp3) is 0.455. The maximum absolute atomic E-state index is 10.1. The Bertz CT molecular complexity index is 713. The number of ether oxygens (including phenoxy) is 1. The van der Waals surface area contributed by atoms with E-state index in [-0.39, 0.29) is 0 Å². The molecular formula is C22H30N2O2. The summed E-state index contributed by atoms with van der Waals surface area (Å²) in [5.41, 5.74) is 3.48. The lowest BCUT2D eigenvalue weighted by Crippen LogP contribution is -2.41. The van der Waals surface area contributed by atoms with Gasteiger partial charge in [-0.3, -0.25) is 4.90 Å². The van der Waals surface area contributed by atoms with Crippen LogP contribution in [0.5, 0.6) is 11.5 Å². The molecule has 0 radical (unpaired) electrons. The van der Waals surface area contributed by atoms with Crippen LogP contribution < -0.4 is 10.1 Å². The summed E-state index contributed by atoms with van der Waals surface area (Å²) in [6, 6.07) is 14.6. The highest BCUT2D eigenvalue weighted by molar-refractivity contribution is 5.46. The van der Waals surface area contributed by atoms with Crippen LogP contribution in [0.2, 0.25) is 0 Å². The van der Waals surface area contributed by atoms with Crippen LogP contribution in [0.4, 0.5) is 5.69 Å². The number of anilines is 1. The van der Waals surface area contributed by atoms with Gasteiger partial charge < -0.3 is 15.2 Å². The van der Waals surface area contributed by atoms with Crippen LogP contribution in [0.25, 0.3) is 0 Å². The van der Waals surface area contributed by atoms with Crippen molar-refractivity contribution in [3.63, 3.8) is 0 Å². The van der Waals surface area contributed by atoms with Gasteiger partial charge >= 0.3 is 0 Å². The summed E-state index contributed by atoms with van der Waals surface area (Å²) < 4.78 is 5.28. The second kappa shape index (κ2) is 8.45. The van der Waals surface area contributed by atoms with E-state index in [9.17, 15) is 5.11 Å². The Hall–Kier alpha value is -2.20. The number of benzene rings is 2. The average Bonchev–Trinajstić information content (AvgIpc) is 2.64. The van der Waals surface area contributed by atoms with Gasteiger partial charge in [-0.15, -0.1) is 0 Å². The molecule has 0 aromatic heterocycles. The molecule has 1 atom stereocenters. The highest BCUT2D eigenvalue weighted by Crippen LogP contribution is 2.26. The number of aromatic hydroxyl groups is 1. The standard InChI is InChI=1S/C22H30N2O2/c1-16(2)17-6-8-19(9-7-17)23-20-5-4-12-24(15-20)14-18-13-21(26-3)10-11-22(18)25/h6-11,13,16,20,23,25H,4-5,12,14-15H2,1-3H3/t20-/m1/s1. The summed E-state index contributed by atoms with van der Waals surface area (Å²) in [7, 11) is 1.65. The van der Waals surface area contributed by atoms with Crippen molar-refractivity contribution in [2.75, 3.05) is 25.5 Å². The van der Waals surface area contributed by atoms with Crippen LogP contribution in [-0.4, -0.2) is 36.2 Å². The van der Waals surface area contributed by atoms with Gasteiger partial charge in [0.15, 0.2) is 0 Å². The van der Waals surface area contributed by atoms with Crippen LogP contribution in [0, 0.1) is 0 Å². The first-order chi connectivity index (χ1) is 12.5. The van der Waals surface area contributed by atoms with Crippen molar-refractivity contribution in [1.29, 1.82) is 0 Å². The fourth-order valence-electron chi connectivity index (χ4n) is 3.57. The minimum Gasteiger partial charge on any atom is -0.508 e. The fourth-order valence-corrected chi connectivity index (χ4v) is 3.57. The molecule has 0 unspecified atom stereocenters. The lowest BCUT2D eigenvalue weighted by Gasteiger charge is -2.34. The SMILES string of the molecule is COc1ccc(O)c(CN2CCC[C@@H](Nc3ccc(C(C)C)cc3)C2)c1. The predicted molar refractivity (Wildman–Crippen MR) is 107 cm³/mol. The number of hydrogen-bond acceptors (Lipinski definition) is 4. The predicted octanol–water partition coefficient (Wildman–Crippen LogP) is 4.60. The van der Waals surface area contributed by atoms with E-state index in [1.54, 1.807) is 19.2 Å². The molecule has 4 heteroatoms. The molecule has 2 N–H and O–H groups in total. The van der Waals surface area contributed by atoms with Crippen molar-refractivity contribution in [2.24, 2.45) is 0 Å². The van der Waals surface area contributed by atoms with Gasteiger partial charge in [0.2, 0.25) is 0 Å². The average molecular weight is 354 g/mol. The van der Waals surface area contributed by atoms with Gasteiger partial charge in [-0.1, -0.05) is 26.0 Å². The number of hydrogen-bond donors (Lipinski definition) is 2. The van der Waals surface area contributed by atoms with Gasteiger partial charge in [-0.25, -0.2) is 0 Å². The van der Waals surface area contributed by atoms with E-state index in [1.165, 1.54) is 17.7 Å². The van der Waals surface area contributed by atoms with E-state index >= 15 is 0 Å². The van der Waals surface area contributed by atoms with Crippen molar-refractivity contribution in [3.8, 4) is 11.5 Å². The number of likely N-dealkylation sites (tertiary alicyclic amines) is 1. The van der Waals surface area contributed by atoms with Gasteiger partial charge in [-0.2, -0.15) is 0 Å². The Labute approximate surface area is 156 Å². The Morgan fingerprint density at radius 1 is 1.19 bits per heavy atom. The van der Waals surface area contributed by atoms with Crippen molar-refractivity contribution in [2.45, 2.75) is 45.2 Å². The topological polar surface area (TPSA) is 44.7 Å². The van der Waals surface area contributed by atoms with Gasteiger partial charge in [0.1, 0.15) is 11.5 Å². The zero-order valence-corrected chi connectivity index (χ0v) is 16.0. The number of rotatable bonds is 6. The molecule has 0 spiro atoms. The smallest absolute Gasteiger partial charge is 0.120 e. The number of methoxy groups -OCH3 is 1. The van der Waals surface area contributed by atoms with E-state index in [0.717, 1.165) is 37.4 Å². The van der Waals surface area contributed by atoms with Crippen LogP contribution in [0.3, 0.4) is 0 Å². The molecule has 1 fully saturated rings. The van der Waals surface area contributed by atoms with Gasteiger partial charge in [0.05, 0.1) is 7.11 Å². The summed E-state index contributed by atoms with van der Waals surface area (Å²) >= 11 is 0. The molecule has 0 saturated carbocycles. The molecular weight excluding hydrogens is 324 g/mol. The zero-order chi connectivity index (χ0) is 18.5. The second-order valence-corrected chi connectivity index (χ2v) is 7.49. The van der Waals surface area contributed by atoms with Gasteiger partial charge in [-0.05, 0) is 61.2 Å². The van der Waals surface area contributed by atoms with Crippen molar-refractivity contribution < 1.29 is 9.84 Å². The van der Waals surface area contributed by atoms with E-state index in [4.69, 9.17) is 4.74 Å². The van der Waals surface area contributed by atoms with Crippen molar-refractivity contribution >= 4 is 5.69 Å². The molecule has 4 nitrogen and oxygen atoms in total. The minimum atomic E-state index is 0.338. The summed E-state index contributed by atoms with van der Waals surface area (Å²) in [5, 5.41) is 13.8. The van der Waals surface area contributed by atoms with E-state index in [2.05, 4.69) is 48.3 Å². The maximum Gasteiger partial charge on any atom is 0.120 e. The number of piperidine rings is 1. The molecule has 0 bridgehead atoms. The monoisotopic (exact) mass is 354 g/mol. The quantitative estimate of drug-likeness (QED) is 0.796. The van der Waals surface area contributed by atoms with Crippen molar-refractivity contribution in [3.05, 3.63) is 53.6 Å². The van der Waals surface area contributed by atoms with Gasteiger partial charge in [0.25, 0.3) is 0 Å². The van der Waals surface area contributed by atoms with Crippen molar-refractivity contribution in [1.82, 2.24) is 4.90 Å². The van der Waals surface area contributed by atoms with Gasteiger partial charge in [0, 0.05) is 30.4 Å². The molecule has 1 saturated heterocycles. The van der Waals surface area contributed by atoms with Crippen LogP contribution in [0.15, 0.2) is 42.5 Å². The Morgan fingerprint density at radius 3 is 2.65 bits per heavy atom. The van der Waals surface area contributed by atoms with Crippen LogP contribution >= 0.6 is 0 Å². The molecule has 2 aromatic rings. The Morgan fingerprint density at radius 2 is 1.96 bits per heavy atom. The summed E-state index contributed by atoms with van der Waals surface area (Å²) in [4.78, 5) is 2.40. The molecule has 1 heterocycles. The molecule has 3 rings (SSSR count).